The van der Waals surface area contributed by atoms with Gasteiger partial charge in [0.25, 0.3) is 5.69 Å². The van der Waals surface area contributed by atoms with Gasteiger partial charge < -0.3 is 18.6 Å². The highest BCUT2D eigenvalue weighted by Crippen LogP contribution is 2.39. The highest BCUT2D eigenvalue weighted by Gasteiger charge is 2.19. The van der Waals surface area contributed by atoms with Gasteiger partial charge in [-0.3, -0.25) is 10.1 Å². The third-order valence-electron chi connectivity index (χ3n) is 3.76. The quantitative estimate of drug-likeness (QED) is 0.505. The topological polar surface area (TPSA) is 114 Å². The Labute approximate surface area is 146 Å². The Kier molecular flexibility index (Phi) is 4.44. The second-order valence-corrected chi connectivity index (χ2v) is 5.17. The van der Waals surface area contributed by atoms with E-state index in [0.29, 0.717) is 22.8 Å². The molecule has 0 aliphatic carbocycles. The first kappa shape index (κ1) is 17.2. The van der Waals surface area contributed by atoms with Gasteiger partial charge in [0.05, 0.1) is 42.7 Å². The first-order chi connectivity index (χ1) is 12.5. The molecule has 0 fully saturated rings. The molecule has 0 aliphatic heterocycles. The van der Waals surface area contributed by atoms with E-state index in [1.54, 1.807) is 12.1 Å². The lowest BCUT2D eigenvalue weighted by Crippen LogP contribution is -2.04. The van der Waals surface area contributed by atoms with E-state index in [9.17, 15) is 14.9 Å². The van der Waals surface area contributed by atoms with Crippen molar-refractivity contribution in [2.45, 2.75) is 0 Å². The normalized spacial score (nSPS) is 10.6. The zero-order valence-corrected chi connectivity index (χ0v) is 14.1. The molecule has 3 rings (SSSR count). The Balaban J connectivity index is 2.24. The summed E-state index contributed by atoms with van der Waals surface area (Å²) in [4.78, 5) is 26.9. The zero-order valence-electron chi connectivity index (χ0n) is 14.1. The molecule has 0 bridgehead atoms. The molecule has 26 heavy (non-hydrogen) atoms. The number of nitrogens with zero attached hydrogens (tertiary/aromatic N) is 2. The second-order valence-electron chi connectivity index (χ2n) is 5.17. The molecule has 0 saturated heterocycles. The molecule has 0 aliphatic rings. The molecule has 1 heterocycles. The van der Waals surface area contributed by atoms with Gasteiger partial charge in [-0.15, -0.1) is 0 Å². The first-order valence-electron chi connectivity index (χ1n) is 7.38. The smallest absolute Gasteiger partial charge is 0.347 e. The largest absolute Gasteiger partial charge is 0.496 e. The van der Waals surface area contributed by atoms with Gasteiger partial charge in [0.15, 0.2) is 11.5 Å². The summed E-state index contributed by atoms with van der Waals surface area (Å²) in [7, 11) is 4.41. The molecule has 0 amide bonds. The number of hydrogen-bond acceptors (Lipinski definition) is 8. The summed E-state index contributed by atoms with van der Waals surface area (Å²) in [6.07, 6.45) is 0. The molecule has 0 radical (unpaired) electrons. The lowest BCUT2D eigenvalue weighted by molar-refractivity contribution is -0.384. The van der Waals surface area contributed by atoms with Crippen LogP contribution in [-0.2, 0) is 0 Å². The van der Waals surface area contributed by atoms with Crippen LogP contribution in [0.5, 0.6) is 17.2 Å². The van der Waals surface area contributed by atoms with E-state index in [1.165, 1.54) is 33.5 Å². The fraction of sp³-hybridized carbons (Fsp3) is 0.176. The summed E-state index contributed by atoms with van der Waals surface area (Å²) in [6, 6.07) is 6.94. The van der Waals surface area contributed by atoms with Crippen LogP contribution in [0.25, 0.3) is 22.4 Å². The van der Waals surface area contributed by atoms with E-state index < -0.39 is 10.5 Å². The first-order valence-corrected chi connectivity index (χ1v) is 7.38. The molecule has 9 heteroatoms. The Morgan fingerprint density at radius 2 is 1.65 bits per heavy atom. The van der Waals surface area contributed by atoms with E-state index in [-0.39, 0.29) is 22.5 Å². The number of hydrogen-bond donors (Lipinski definition) is 0. The van der Waals surface area contributed by atoms with Crippen LogP contribution in [0.1, 0.15) is 0 Å². The van der Waals surface area contributed by atoms with Crippen LogP contribution in [0.2, 0.25) is 0 Å². The molecule has 0 unspecified atom stereocenters. The Morgan fingerprint density at radius 3 is 2.27 bits per heavy atom. The van der Waals surface area contributed by atoms with Crippen molar-refractivity contribution >= 4 is 16.6 Å². The summed E-state index contributed by atoms with van der Waals surface area (Å²) in [6.45, 7) is 0. The molecule has 0 spiro atoms. The summed E-state index contributed by atoms with van der Waals surface area (Å²) in [5.74, 6) is 1.19. The van der Waals surface area contributed by atoms with E-state index >= 15 is 0 Å². The van der Waals surface area contributed by atoms with Crippen molar-refractivity contribution in [3.63, 3.8) is 0 Å². The van der Waals surface area contributed by atoms with Crippen molar-refractivity contribution in [2.24, 2.45) is 0 Å². The van der Waals surface area contributed by atoms with Gasteiger partial charge in [-0.25, -0.2) is 9.78 Å². The molecule has 9 nitrogen and oxygen atoms in total. The number of ether oxygens (including phenoxy) is 3. The highest BCUT2D eigenvalue weighted by molar-refractivity contribution is 5.81. The fourth-order valence-electron chi connectivity index (χ4n) is 2.49. The third kappa shape index (κ3) is 2.90. The van der Waals surface area contributed by atoms with Crippen LogP contribution in [0.3, 0.4) is 0 Å². The van der Waals surface area contributed by atoms with Crippen LogP contribution in [0.15, 0.2) is 39.5 Å². The molecule has 0 saturated carbocycles. The molecule has 3 aromatic rings. The average Bonchev–Trinajstić information content (AvgIpc) is 2.66. The Morgan fingerprint density at radius 1 is 1.00 bits per heavy atom. The molecular weight excluding hydrogens is 344 g/mol. The summed E-state index contributed by atoms with van der Waals surface area (Å²) in [5.41, 5.74) is -0.324. The van der Waals surface area contributed by atoms with Crippen LogP contribution < -0.4 is 19.8 Å². The number of methoxy groups -OCH3 is 3. The third-order valence-corrected chi connectivity index (χ3v) is 3.76. The summed E-state index contributed by atoms with van der Waals surface area (Å²) in [5, 5.41) is 10.9. The molecule has 0 N–H and O–H groups in total. The minimum atomic E-state index is -0.745. The van der Waals surface area contributed by atoms with E-state index in [2.05, 4.69) is 4.98 Å². The number of aromatic nitrogens is 1. The van der Waals surface area contributed by atoms with Gasteiger partial charge in [0.2, 0.25) is 5.89 Å². The van der Waals surface area contributed by atoms with Gasteiger partial charge in [0, 0.05) is 24.3 Å². The Bertz CT molecular complexity index is 1060. The molecular formula is C17H14N2O7. The summed E-state index contributed by atoms with van der Waals surface area (Å²) >= 11 is 0. The van der Waals surface area contributed by atoms with E-state index in [1.807, 2.05) is 0 Å². The van der Waals surface area contributed by atoms with Crippen LogP contribution in [-0.4, -0.2) is 31.2 Å². The van der Waals surface area contributed by atoms with Crippen molar-refractivity contribution in [3.05, 3.63) is 50.9 Å². The number of rotatable bonds is 5. The second kappa shape index (κ2) is 6.71. The minimum absolute atomic E-state index is 0.00541. The Hall–Kier alpha value is -3.62. The molecule has 1 aromatic heterocycles. The number of non-ortho nitro benzene ring substituents is 1. The van der Waals surface area contributed by atoms with Crippen molar-refractivity contribution in [1.82, 2.24) is 4.98 Å². The molecule has 2 aromatic carbocycles. The fourth-order valence-corrected chi connectivity index (χ4v) is 2.49. The lowest BCUT2D eigenvalue weighted by atomic mass is 10.1. The van der Waals surface area contributed by atoms with Gasteiger partial charge in [0.1, 0.15) is 5.75 Å². The number of benzene rings is 2. The zero-order chi connectivity index (χ0) is 18.8. The SMILES string of the molecule is COc1cc(OC)c(-c2nc3ccc([N+](=O)[O-])cc3c(=O)o2)cc1OC. The maximum absolute atomic E-state index is 12.3. The van der Waals surface area contributed by atoms with Crippen LogP contribution in [0, 0.1) is 10.1 Å². The lowest BCUT2D eigenvalue weighted by Gasteiger charge is -2.13. The van der Waals surface area contributed by atoms with Crippen molar-refractivity contribution < 1.29 is 23.6 Å². The highest BCUT2D eigenvalue weighted by atomic mass is 16.6. The van der Waals surface area contributed by atoms with Crippen LogP contribution >= 0.6 is 0 Å². The summed E-state index contributed by atoms with van der Waals surface area (Å²) < 4.78 is 21.1. The number of fused-ring (bicyclic) bond motifs is 1. The van der Waals surface area contributed by atoms with Crippen molar-refractivity contribution in [3.8, 4) is 28.7 Å². The van der Waals surface area contributed by atoms with Crippen LogP contribution in [0.4, 0.5) is 5.69 Å². The van der Waals surface area contributed by atoms with Gasteiger partial charge >= 0.3 is 5.63 Å². The number of nitro groups is 1. The standard InChI is InChI=1S/C17H14N2O7/c1-23-13-8-15(25-3)14(24-2)7-11(13)16-18-12-5-4-9(19(21)22)6-10(12)17(20)26-16/h4-8H,1-3H3. The van der Waals surface area contributed by atoms with E-state index in [4.69, 9.17) is 18.6 Å². The van der Waals surface area contributed by atoms with Gasteiger partial charge in [-0.1, -0.05) is 0 Å². The predicted molar refractivity (Wildman–Crippen MR) is 92.0 cm³/mol. The van der Waals surface area contributed by atoms with Gasteiger partial charge in [-0.05, 0) is 6.07 Å². The number of nitro benzene ring substituents is 1. The van der Waals surface area contributed by atoms with E-state index in [0.717, 1.165) is 6.07 Å². The average molecular weight is 358 g/mol. The van der Waals surface area contributed by atoms with Gasteiger partial charge in [-0.2, -0.15) is 0 Å². The monoisotopic (exact) mass is 358 g/mol. The predicted octanol–water partition coefficient (Wildman–Crippen LogP) is 2.79. The maximum Gasteiger partial charge on any atom is 0.347 e. The maximum atomic E-state index is 12.3. The molecule has 0 atom stereocenters. The molecule has 134 valence electrons. The van der Waals surface area contributed by atoms with Crippen molar-refractivity contribution in [1.29, 1.82) is 0 Å². The van der Waals surface area contributed by atoms with Crippen molar-refractivity contribution in [2.75, 3.05) is 21.3 Å². The minimum Gasteiger partial charge on any atom is -0.496 e.